The molecule has 0 unspecified atom stereocenters. The van der Waals surface area contributed by atoms with Gasteiger partial charge in [-0.2, -0.15) is 0 Å². The summed E-state index contributed by atoms with van der Waals surface area (Å²) in [6.45, 7) is 0.830. The normalized spacial score (nSPS) is 12.1. The fourth-order valence-electron chi connectivity index (χ4n) is 0.753. The lowest BCUT2D eigenvalue weighted by atomic mass is 10.4. The van der Waals surface area contributed by atoms with E-state index in [0.29, 0.717) is 0 Å². The van der Waals surface area contributed by atoms with Crippen molar-refractivity contribution in [3.8, 4) is 0 Å². The van der Waals surface area contributed by atoms with Crippen LogP contribution in [0.25, 0.3) is 0 Å². The van der Waals surface area contributed by atoms with E-state index in [1.807, 2.05) is 31.1 Å². The summed E-state index contributed by atoms with van der Waals surface area (Å²) in [4.78, 5) is 3.43. The van der Waals surface area contributed by atoms with Crippen LogP contribution in [-0.2, 0) is 6.54 Å². The summed E-state index contributed by atoms with van der Waals surface area (Å²) in [5.74, 6) is 0. The van der Waals surface area contributed by atoms with Gasteiger partial charge in [0.2, 0.25) is 0 Å². The molecule has 0 aliphatic heterocycles. The van der Waals surface area contributed by atoms with E-state index in [1.165, 1.54) is 4.98 Å². The maximum atomic E-state index is 7.33. The monoisotopic (exact) mass is 125 g/mol. The molecule has 0 fully saturated rings. The zero-order chi connectivity index (χ0) is 7.56. The van der Waals surface area contributed by atoms with Crippen LogP contribution in [0.5, 0.6) is 0 Å². The number of nitrogens with zero attached hydrogens (tertiary/aromatic N) is 1. The van der Waals surface area contributed by atoms with Crippen LogP contribution in [-0.4, -0.2) is 24.0 Å². The highest BCUT2D eigenvalue weighted by atomic mass is 15.1. The predicted octanol–water partition coefficient (Wildman–Crippen LogP) is 1.08. The predicted molar refractivity (Wildman–Crippen MR) is 38.2 cm³/mol. The number of H-pyrrole nitrogens is 1. The summed E-state index contributed by atoms with van der Waals surface area (Å²) in [5, 5.41) is 0. The van der Waals surface area contributed by atoms with Gasteiger partial charge in [0.1, 0.15) is 0 Å². The average molecular weight is 125 g/mol. The Labute approximate surface area is 57.0 Å². The van der Waals surface area contributed by atoms with Crippen molar-refractivity contribution >= 4 is 0 Å². The Bertz CT molecular complexity index is 205. The van der Waals surface area contributed by atoms with E-state index < -0.39 is 0 Å². The molecule has 2 nitrogen and oxygen atoms in total. The van der Waals surface area contributed by atoms with Crippen molar-refractivity contribution < 1.29 is 1.41 Å². The first kappa shape index (κ1) is 5.06. The minimum Gasteiger partial charge on any atom is -0.364 e. The SMILES string of the molecule is [2H]n1cccc1CN(C)C. The largest absolute Gasteiger partial charge is 0.364 e. The molecule has 9 heavy (non-hydrogen) atoms. The van der Waals surface area contributed by atoms with E-state index >= 15 is 0 Å². The van der Waals surface area contributed by atoms with Gasteiger partial charge in [-0.15, -0.1) is 0 Å². The standard InChI is InChI=1S/C7H12N2/c1-9(2)6-7-4-3-5-8-7/h3-5,8H,6H2,1-2H3/i/hD. The topological polar surface area (TPSA) is 19.0 Å². The van der Waals surface area contributed by atoms with Crippen molar-refractivity contribution in [1.82, 2.24) is 9.88 Å². The van der Waals surface area contributed by atoms with Gasteiger partial charge in [-0.25, -0.2) is 0 Å². The minimum absolute atomic E-state index is 0.830. The van der Waals surface area contributed by atoms with Gasteiger partial charge in [0, 0.05) is 18.4 Å². The molecule has 0 bridgehead atoms. The molecule has 0 saturated heterocycles. The molecule has 1 aromatic heterocycles. The molecule has 0 spiro atoms. The van der Waals surface area contributed by atoms with Crippen molar-refractivity contribution in [2.75, 3.05) is 14.1 Å². The molecule has 0 atom stereocenters. The maximum absolute atomic E-state index is 7.33. The number of nitrogens with one attached hydrogen (secondary N) is 1. The van der Waals surface area contributed by atoms with Crippen molar-refractivity contribution in [2.24, 2.45) is 0 Å². The lowest BCUT2D eigenvalue weighted by Gasteiger charge is -2.05. The van der Waals surface area contributed by atoms with Crippen LogP contribution < -0.4 is 0 Å². The summed E-state index contributed by atoms with van der Waals surface area (Å²) < 4.78 is 7.33. The number of rotatable bonds is 2. The van der Waals surface area contributed by atoms with Crippen LogP contribution in [0, 0.1) is 0 Å². The van der Waals surface area contributed by atoms with Crippen molar-refractivity contribution in [1.29, 1.82) is 0 Å². The molecule has 0 aromatic carbocycles. The molecule has 1 N–H and O–H groups in total. The zero-order valence-corrected chi connectivity index (χ0v) is 5.83. The second kappa shape index (κ2) is 2.69. The van der Waals surface area contributed by atoms with E-state index in [1.54, 1.807) is 6.20 Å². The van der Waals surface area contributed by atoms with E-state index in [-0.39, 0.29) is 0 Å². The third-order valence-corrected chi connectivity index (χ3v) is 1.09. The highest BCUT2D eigenvalue weighted by molar-refractivity contribution is 5.02. The van der Waals surface area contributed by atoms with Gasteiger partial charge in [0.15, 0.2) is 1.41 Å². The molecule has 50 valence electrons. The van der Waals surface area contributed by atoms with E-state index in [2.05, 4.69) is 0 Å². The fraction of sp³-hybridized carbons (Fsp3) is 0.429. The molecule has 0 aliphatic rings. The summed E-state index contributed by atoms with van der Waals surface area (Å²) in [7, 11) is 3.99. The smallest absolute Gasteiger partial charge is 0.166 e. The Hall–Kier alpha value is -0.760. The maximum Gasteiger partial charge on any atom is 0.166 e. The molecule has 1 heterocycles. The van der Waals surface area contributed by atoms with Crippen LogP contribution in [0.15, 0.2) is 18.3 Å². The Balaban J connectivity index is 2.65. The Kier molecular flexibility index (Phi) is 1.51. The molecule has 1 rings (SSSR count). The van der Waals surface area contributed by atoms with Gasteiger partial charge >= 0.3 is 0 Å². The zero-order valence-electron chi connectivity index (χ0n) is 6.83. The first-order chi connectivity index (χ1) is 4.70. The highest BCUT2D eigenvalue weighted by Gasteiger charge is 1.91. The van der Waals surface area contributed by atoms with Crippen LogP contribution in [0.4, 0.5) is 0 Å². The second-order valence-corrected chi connectivity index (χ2v) is 2.37. The van der Waals surface area contributed by atoms with Gasteiger partial charge in [-0.05, 0) is 26.2 Å². The van der Waals surface area contributed by atoms with Crippen LogP contribution in [0.2, 0.25) is 1.41 Å². The van der Waals surface area contributed by atoms with Crippen LogP contribution in [0.1, 0.15) is 5.69 Å². The van der Waals surface area contributed by atoms with Crippen molar-refractivity contribution in [2.45, 2.75) is 6.54 Å². The van der Waals surface area contributed by atoms with Crippen molar-refractivity contribution in [3.63, 3.8) is 0 Å². The minimum atomic E-state index is 0.830. The fourth-order valence-corrected chi connectivity index (χ4v) is 0.753. The number of aromatic amines is 1. The third-order valence-electron chi connectivity index (χ3n) is 1.09. The molecular weight excluding hydrogens is 112 g/mol. The lowest BCUT2D eigenvalue weighted by molar-refractivity contribution is 0.398. The summed E-state index contributed by atoms with van der Waals surface area (Å²) >= 11 is 0. The molecule has 0 saturated carbocycles. The van der Waals surface area contributed by atoms with Gasteiger partial charge in [-0.3, -0.25) is 0 Å². The Morgan fingerprint density at radius 1 is 1.78 bits per heavy atom. The van der Waals surface area contributed by atoms with E-state index in [9.17, 15) is 0 Å². The molecular formula is C7H12N2. The third kappa shape index (κ3) is 1.90. The number of hydrogen-bond acceptors (Lipinski definition) is 1. The lowest BCUT2D eigenvalue weighted by Crippen LogP contribution is -2.10. The molecule has 1 aromatic rings. The highest BCUT2D eigenvalue weighted by Crippen LogP contribution is 1.95. The first-order valence-electron chi connectivity index (χ1n) is 3.45. The average Bonchev–Trinajstić information content (AvgIpc) is 2.15. The second-order valence-electron chi connectivity index (χ2n) is 2.37. The molecule has 0 amide bonds. The molecule has 0 radical (unpaired) electrons. The van der Waals surface area contributed by atoms with Gasteiger partial charge in [0.05, 0.1) is 0 Å². The first-order valence-corrected chi connectivity index (χ1v) is 3.00. The van der Waals surface area contributed by atoms with Crippen LogP contribution >= 0.6 is 0 Å². The van der Waals surface area contributed by atoms with Gasteiger partial charge in [-0.1, -0.05) is 0 Å². The quantitative estimate of drug-likeness (QED) is 0.626. The summed E-state index contributed by atoms with van der Waals surface area (Å²) in [5.41, 5.74) is 1.02. The number of hydrogen-bond donors (Lipinski definition) is 1. The van der Waals surface area contributed by atoms with Crippen LogP contribution in [0.3, 0.4) is 0 Å². The molecule has 2 heteroatoms. The van der Waals surface area contributed by atoms with E-state index in [0.717, 1.165) is 12.2 Å². The van der Waals surface area contributed by atoms with E-state index in [4.69, 9.17) is 1.41 Å². The van der Waals surface area contributed by atoms with Gasteiger partial charge in [0.25, 0.3) is 0 Å². The Morgan fingerprint density at radius 2 is 2.56 bits per heavy atom. The van der Waals surface area contributed by atoms with Crippen molar-refractivity contribution in [3.05, 3.63) is 24.0 Å². The Morgan fingerprint density at radius 3 is 3.00 bits per heavy atom. The number of aromatic nitrogens is 1. The van der Waals surface area contributed by atoms with Gasteiger partial charge < -0.3 is 9.88 Å². The summed E-state index contributed by atoms with van der Waals surface area (Å²) in [6.07, 6.45) is 1.73. The molecule has 0 aliphatic carbocycles. The summed E-state index contributed by atoms with van der Waals surface area (Å²) in [6, 6.07) is 3.83.